The third-order valence-corrected chi connectivity index (χ3v) is 5.40. The van der Waals surface area contributed by atoms with Crippen molar-refractivity contribution < 1.29 is 26.7 Å². The first kappa shape index (κ1) is 21.8. The molecule has 3 heterocycles. The molecule has 168 valence electrons. The molecular formula is C21H18F5N5O. The molecule has 1 N–H and O–H groups in total. The van der Waals surface area contributed by atoms with Gasteiger partial charge in [-0.1, -0.05) is 0 Å². The second-order valence-corrected chi connectivity index (χ2v) is 7.52. The minimum Gasteiger partial charge on any atom is -0.320 e. The Labute approximate surface area is 179 Å². The standard InChI is InChI=1S/C21H18F5N5O/c22-15-2-1-8-27-17(15)14-5-9-28-16(12-3-6-21(25,26)7-4-12)18(14)30-19(32)13-10-29-31(11-13)20(23)24/h1-2,5,8-12,20H,3-4,6-7H2,(H,30,32). The van der Waals surface area contributed by atoms with Gasteiger partial charge in [-0.15, -0.1) is 0 Å². The third kappa shape index (κ3) is 4.46. The quantitative estimate of drug-likeness (QED) is 0.526. The summed E-state index contributed by atoms with van der Waals surface area (Å²) in [4.78, 5) is 21.1. The van der Waals surface area contributed by atoms with Gasteiger partial charge in [0.15, 0.2) is 0 Å². The number of amides is 1. The van der Waals surface area contributed by atoms with Gasteiger partial charge in [-0.05, 0) is 31.0 Å². The van der Waals surface area contributed by atoms with Crippen molar-refractivity contribution in [3.05, 3.63) is 60.1 Å². The number of carbonyl (C=O) groups is 1. The predicted molar refractivity (Wildman–Crippen MR) is 105 cm³/mol. The summed E-state index contributed by atoms with van der Waals surface area (Å²) in [5.74, 6) is -4.60. The second-order valence-electron chi connectivity index (χ2n) is 7.52. The van der Waals surface area contributed by atoms with Gasteiger partial charge >= 0.3 is 6.55 Å². The molecule has 1 amide bonds. The van der Waals surface area contributed by atoms with E-state index in [0.29, 0.717) is 10.4 Å². The van der Waals surface area contributed by atoms with Gasteiger partial charge in [0, 0.05) is 42.9 Å². The predicted octanol–water partition coefficient (Wildman–Crippen LogP) is 5.42. The molecule has 3 aromatic heterocycles. The van der Waals surface area contributed by atoms with E-state index in [1.54, 1.807) is 0 Å². The van der Waals surface area contributed by atoms with Gasteiger partial charge in [0.2, 0.25) is 5.92 Å². The zero-order valence-corrected chi connectivity index (χ0v) is 16.6. The molecule has 0 radical (unpaired) electrons. The summed E-state index contributed by atoms with van der Waals surface area (Å²) < 4.78 is 67.8. The summed E-state index contributed by atoms with van der Waals surface area (Å²) in [7, 11) is 0. The molecule has 6 nitrogen and oxygen atoms in total. The van der Waals surface area contributed by atoms with Crippen LogP contribution in [0.5, 0.6) is 0 Å². The van der Waals surface area contributed by atoms with Gasteiger partial charge in [-0.2, -0.15) is 13.9 Å². The Morgan fingerprint density at radius 1 is 1.16 bits per heavy atom. The number of anilines is 1. The lowest BCUT2D eigenvalue weighted by molar-refractivity contribution is -0.0384. The number of halogens is 5. The Kier molecular flexibility index (Phi) is 5.90. The van der Waals surface area contributed by atoms with Crippen molar-refractivity contribution in [2.75, 3.05) is 5.32 Å². The van der Waals surface area contributed by atoms with E-state index in [1.165, 1.54) is 30.6 Å². The molecule has 0 aliphatic heterocycles. The molecule has 11 heteroatoms. The molecule has 4 rings (SSSR count). The van der Waals surface area contributed by atoms with E-state index in [1.807, 2.05) is 0 Å². The lowest BCUT2D eigenvalue weighted by atomic mass is 9.83. The number of carbonyl (C=O) groups excluding carboxylic acids is 1. The van der Waals surface area contributed by atoms with E-state index in [9.17, 15) is 26.7 Å². The second kappa shape index (κ2) is 8.64. The fourth-order valence-corrected chi connectivity index (χ4v) is 3.76. The summed E-state index contributed by atoms with van der Waals surface area (Å²) in [6.45, 7) is -2.92. The van der Waals surface area contributed by atoms with E-state index in [4.69, 9.17) is 0 Å². The van der Waals surface area contributed by atoms with Gasteiger partial charge in [-0.3, -0.25) is 14.8 Å². The Morgan fingerprint density at radius 2 is 1.91 bits per heavy atom. The van der Waals surface area contributed by atoms with Crippen molar-refractivity contribution in [1.29, 1.82) is 0 Å². The Morgan fingerprint density at radius 3 is 2.56 bits per heavy atom. The number of alkyl halides is 4. The van der Waals surface area contributed by atoms with Crippen LogP contribution >= 0.6 is 0 Å². The van der Waals surface area contributed by atoms with E-state index < -0.39 is 30.1 Å². The van der Waals surface area contributed by atoms with E-state index >= 15 is 0 Å². The number of rotatable bonds is 5. The smallest absolute Gasteiger partial charge is 0.320 e. The summed E-state index contributed by atoms with van der Waals surface area (Å²) in [5, 5.41) is 6.03. The van der Waals surface area contributed by atoms with Crippen molar-refractivity contribution in [2.45, 2.75) is 44.1 Å². The van der Waals surface area contributed by atoms with E-state index in [0.717, 1.165) is 12.4 Å². The van der Waals surface area contributed by atoms with Crippen molar-refractivity contribution in [3.8, 4) is 11.3 Å². The van der Waals surface area contributed by atoms with Crippen molar-refractivity contribution in [2.24, 2.45) is 0 Å². The molecule has 0 aromatic carbocycles. The molecular weight excluding hydrogens is 433 g/mol. The average molecular weight is 451 g/mol. The number of pyridine rings is 2. The van der Waals surface area contributed by atoms with Crippen LogP contribution in [0.1, 0.15) is 54.2 Å². The van der Waals surface area contributed by atoms with Gasteiger partial charge in [-0.25, -0.2) is 17.9 Å². The minimum absolute atomic E-state index is 0.0594. The van der Waals surface area contributed by atoms with Crippen LogP contribution in [0.4, 0.5) is 27.6 Å². The fraction of sp³-hybridized carbons (Fsp3) is 0.333. The SMILES string of the molecule is O=C(Nc1c(-c2ncccc2F)ccnc1C1CCC(F)(F)CC1)c1cnn(C(F)F)c1. The maximum Gasteiger partial charge on any atom is 0.333 e. The molecule has 0 spiro atoms. The lowest BCUT2D eigenvalue weighted by Gasteiger charge is -2.29. The van der Waals surface area contributed by atoms with Crippen LogP contribution in [0, 0.1) is 5.82 Å². The average Bonchev–Trinajstić information content (AvgIpc) is 3.26. The number of hydrogen-bond acceptors (Lipinski definition) is 4. The summed E-state index contributed by atoms with van der Waals surface area (Å²) in [5.41, 5.74) is 0.423. The molecule has 0 saturated heterocycles. The molecule has 0 atom stereocenters. The van der Waals surface area contributed by atoms with Gasteiger partial charge < -0.3 is 5.32 Å². The third-order valence-electron chi connectivity index (χ3n) is 5.40. The first-order valence-electron chi connectivity index (χ1n) is 9.86. The largest absolute Gasteiger partial charge is 0.333 e. The Balaban J connectivity index is 1.75. The normalized spacial score (nSPS) is 16.3. The maximum absolute atomic E-state index is 14.5. The molecule has 1 fully saturated rings. The van der Waals surface area contributed by atoms with Crippen molar-refractivity contribution in [1.82, 2.24) is 19.7 Å². The van der Waals surface area contributed by atoms with Crippen LogP contribution in [0.15, 0.2) is 43.0 Å². The minimum atomic E-state index is -2.92. The zero-order chi connectivity index (χ0) is 22.9. The highest BCUT2D eigenvalue weighted by atomic mass is 19.3. The molecule has 0 unspecified atom stereocenters. The lowest BCUT2D eigenvalue weighted by Crippen LogP contribution is -2.25. The van der Waals surface area contributed by atoms with Gasteiger partial charge in [0.1, 0.15) is 11.5 Å². The zero-order valence-electron chi connectivity index (χ0n) is 16.6. The number of hydrogen-bond donors (Lipinski definition) is 1. The summed E-state index contributed by atoms with van der Waals surface area (Å²) in [6.07, 6.45) is 4.19. The first-order valence-corrected chi connectivity index (χ1v) is 9.86. The number of nitrogens with zero attached hydrogens (tertiary/aromatic N) is 4. The van der Waals surface area contributed by atoms with Crippen LogP contribution in [0.3, 0.4) is 0 Å². The van der Waals surface area contributed by atoms with E-state index in [2.05, 4.69) is 20.4 Å². The topological polar surface area (TPSA) is 72.7 Å². The molecule has 1 saturated carbocycles. The molecule has 3 aromatic rings. The van der Waals surface area contributed by atoms with Crippen LogP contribution in [-0.4, -0.2) is 31.6 Å². The molecule has 0 bridgehead atoms. The van der Waals surface area contributed by atoms with E-state index in [-0.39, 0.29) is 48.2 Å². The highest BCUT2D eigenvalue weighted by Crippen LogP contribution is 2.44. The number of aromatic nitrogens is 4. The highest BCUT2D eigenvalue weighted by Gasteiger charge is 2.37. The summed E-state index contributed by atoms with van der Waals surface area (Å²) >= 11 is 0. The summed E-state index contributed by atoms with van der Waals surface area (Å²) in [6, 6.07) is 4.05. The van der Waals surface area contributed by atoms with Crippen LogP contribution in [0.25, 0.3) is 11.3 Å². The molecule has 1 aliphatic carbocycles. The fourth-order valence-electron chi connectivity index (χ4n) is 3.76. The van der Waals surface area contributed by atoms with Crippen LogP contribution in [-0.2, 0) is 0 Å². The van der Waals surface area contributed by atoms with Crippen molar-refractivity contribution in [3.63, 3.8) is 0 Å². The Bertz CT molecular complexity index is 1120. The number of nitrogens with one attached hydrogen (secondary N) is 1. The van der Waals surface area contributed by atoms with Crippen molar-refractivity contribution >= 4 is 11.6 Å². The van der Waals surface area contributed by atoms with Crippen LogP contribution in [0.2, 0.25) is 0 Å². The monoisotopic (exact) mass is 451 g/mol. The first-order chi connectivity index (χ1) is 15.2. The van der Waals surface area contributed by atoms with Gasteiger partial charge in [0.05, 0.1) is 23.1 Å². The maximum atomic E-state index is 14.5. The van der Waals surface area contributed by atoms with Gasteiger partial charge in [0.25, 0.3) is 5.91 Å². The molecule has 32 heavy (non-hydrogen) atoms. The Hall–Kier alpha value is -3.37. The van der Waals surface area contributed by atoms with Crippen LogP contribution < -0.4 is 5.32 Å². The highest BCUT2D eigenvalue weighted by molar-refractivity contribution is 6.06. The molecule has 1 aliphatic rings.